The van der Waals surface area contributed by atoms with E-state index in [9.17, 15) is 42.0 Å². The van der Waals surface area contributed by atoms with E-state index in [4.69, 9.17) is 32.7 Å². The van der Waals surface area contributed by atoms with Crippen molar-refractivity contribution in [1.82, 2.24) is 0 Å². The molecule has 414 valence electrons. The normalized spacial score (nSPS) is 13.8. The van der Waals surface area contributed by atoms with Crippen LogP contribution in [0.3, 0.4) is 0 Å². The molecule has 74 heavy (non-hydrogen) atoms. The molecule has 0 bridgehead atoms. The molecule has 0 amide bonds. The number of carboxylic acid groups (broad SMARTS) is 1. The molecule has 0 fully saturated rings. The Hall–Kier alpha value is -4.10. The molecule has 3 aromatic rings. The van der Waals surface area contributed by atoms with Gasteiger partial charge in [0.25, 0.3) is 10.1 Å². The van der Waals surface area contributed by atoms with Gasteiger partial charge in [-0.3, -0.25) is 28.5 Å². The van der Waals surface area contributed by atoms with Crippen LogP contribution in [0.5, 0.6) is 0 Å². The maximum absolute atomic E-state index is 14.5. The van der Waals surface area contributed by atoms with E-state index in [-0.39, 0.29) is 51.9 Å². The number of halogens is 2. The van der Waals surface area contributed by atoms with Gasteiger partial charge in [0.15, 0.2) is 18.5 Å². The van der Waals surface area contributed by atoms with Gasteiger partial charge in [-0.25, -0.2) is 0 Å². The van der Waals surface area contributed by atoms with Crippen LogP contribution in [0.1, 0.15) is 234 Å². The van der Waals surface area contributed by atoms with Gasteiger partial charge in [-0.15, -0.1) is 0 Å². The predicted molar refractivity (Wildman–Crippen MR) is 299 cm³/mol. The third kappa shape index (κ3) is 23.8. The van der Waals surface area contributed by atoms with E-state index in [0.29, 0.717) is 44.1 Å². The Morgan fingerprint density at radius 3 is 1.54 bits per heavy atom. The highest BCUT2D eigenvalue weighted by Gasteiger charge is 2.61. The van der Waals surface area contributed by atoms with Crippen molar-refractivity contribution in [2.24, 2.45) is 17.8 Å². The molecule has 0 aromatic heterocycles. The fourth-order valence-corrected chi connectivity index (χ4v) is 11.2. The number of benzene rings is 3. The first kappa shape index (κ1) is 66.0. The second kappa shape index (κ2) is 37.6. The number of hydrogen-bond acceptors (Lipinski definition) is 9. The van der Waals surface area contributed by atoms with Crippen molar-refractivity contribution >= 4 is 62.8 Å². The molecule has 0 aliphatic heterocycles. The lowest BCUT2D eigenvalue weighted by Crippen LogP contribution is -2.57. The number of Topliss-reactive ketones (excluding diaryl/α,β-unsaturated/α-hetero) is 2. The van der Waals surface area contributed by atoms with Gasteiger partial charge in [-0.05, 0) is 43.2 Å². The number of esters is 2. The van der Waals surface area contributed by atoms with E-state index in [1.807, 2.05) is 45.9 Å². The van der Waals surface area contributed by atoms with E-state index < -0.39 is 56.9 Å². The van der Waals surface area contributed by atoms with Gasteiger partial charge in [0.05, 0.1) is 5.92 Å². The lowest BCUT2D eigenvalue weighted by atomic mass is 9.75. The average molecular weight is 1090 g/mol. The van der Waals surface area contributed by atoms with Crippen LogP contribution >= 0.6 is 23.2 Å². The summed E-state index contributed by atoms with van der Waals surface area (Å²) in [7, 11) is -5.43. The van der Waals surface area contributed by atoms with Crippen LogP contribution in [0.25, 0.3) is 0 Å². The quantitative estimate of drug-likeness (QED) is 0.0240. The number of aliphatic carboxylic acids is 1. The summed E-state index contributed by atoms with van der Waals surface area (Å²) in [6.45, 7) is 9.77. The SMILES string of the molecule is CCCCC(CC)CC(C(=O)O)C(CC(CC)CCCC)(C(=O)OC(C(=O)c1ccccc1)c1ccc(Cl)cc1Cl)S(=O)(=O)O.CCCCCCCCCCCCCCCCCC(=O)OCC(=O)c1ccccc1. The Labute approximate surface area is 454 Å². The van der Waals surface area contributed by atoms with Crippen LogP contribution in [-0.2, 0) is 34.0 Å². The molecular weight excluding hydrogens is 1000 g/mol. The van der Waals surface area contributed by atoms with Gasteiger partial charge in [-0.2, -0.15) is 8.42 Å². The van der Waals surface area contributed by atoms with Gasteiger partial charge in [0, 0.05) is 33.2 Å². The standard InChI is InChI=1S/C34H46Cl2O8S.C26H42O3/c1-5-9-14-23(7-3)20-28(32(38)39)34(45(41,42)43,22-24(8-4)15-10-6-2)33(40)44-31(27-19-18-26(35)21-29(27)36)30(37)25-16-12-11-13-17-25;1-2-3-4-5-6-7-8-9-10-11-12-13-14-15-19-22-26(28)29-23-25(27)24-20-17-16-18-21-24/h11-13,16-19,21,23-24,28,31H,5-10,14-15,20,22H2,1-4H3,(H,38,39)(H,41,42,43);16-18,20-21H,2-15,19,22-23H2,1H3. The van der Waals surface area contributed by atoms with Gasteiger partial charge in [0.2, 0.25) is 10.5 Å². The summed E-state index contributed by atoms with van der Waals surface area (Å²) in [6, 6.07) is 21.1. The molecule has 0 saturated carbocycles. The van der Waals surface area contributed by atoms with E-state index in [2.05, 4.69) is 6.92 Å². The molecule has 3 rings (SSSR count). The lowest BCUT2D eigenvalue weighted by molar-refractivity contribution is -0.160. The Morgan fingerprint density at radius 1 is 0.608 bits per heavy atom. The van der Waals surface area contributed by atoms with Crippen LogP contribution in [0.15, 0.2) is 78.9 Å². The largest absolute Gasteiger partial charge is 0.481 e. The number of carboxylic acids is 1. The molecular formula is C60H88Cl2O11S. The van der Waals surface area contributed by atoms with Crippen molar-refractivity contribution in [3.8, 4) is 0 Å². The van der Waals surface area contributed by atoms with Gasteiger partial charge >= 0.3 is 17.9 Å². The summed E-state index contributed by atoms with van der Waals surface area (Å²) in [6.07, 6.45) is 22.8. The topological polar surface area (TPSA) is 178 Å². The third-order valence-corrected chi connectivity index (χ3v) is 16.2. The van der Waals surface area contributed by atoms with Gasteiger partial charge < -0.3 is 14.6 Å². The first-order valence-electron chi connectivity index (χ1n) is 27.7. The molecule has 3 aromatic carbocycles. The Morgan fingerprint density at radius 2 is 1.08 bits per heavy atom. The van der Waals surface area contributed by atoms with Gasteiger partial charge in [0.1, 0.15) is 0 Å². The van der Waals surface area contributed by atoms with Crippen LogP contribution in [-0.4, -0.2) is 58.9 Å². The number of rotatable bonds is 39. The number of ether oxygens (including phenoxy) is 2. The van der Waals surface area contributed by atoms with E-state index in [0.717, 1.165) is 32.1 Å². The van der Waals surface area contributed by atoms with Crippen molar-refractivity contribution in [1.29, 1.82) is 0 Å². The molecule has 11 nitrogen and oxygen atoms in total. The van der Waals surface area contributed by atoms with Crippen molar-refractivity contribution in [2.45, 2.75) is 212 Å². The molecule has 2 N–H and O–H groups in total. The zero-order valence-corrected chi connectivity index (χ0v) is 47.5. The van der Waals surface area contributed by atoms with Crippen LogP contribution in [0, 0.1) is 17.8 Å². The summed E-state index contributed by atoms with van der Waals surface area (Å²) in [5, 5.41) is 10.8. The summed E-state index contributed by atoms with van der Waals surface area (Å²) in [4.78, 5) is 65.0. The molecule has 0 radical (unpaired) electrons. The van der Waals surface area contributed by atoms with E-state index in [1.165, 1.54) is 114 Å². The fourth-order valence-electron chi connectivity index (χ4n) is 9.44. The first-order chi connectivity index (χ1) is 35.5. The Bertz CT molecular complexity index is 2190. The molecule has 14 heteroatoms. The maximum Gasteiger partial charge on any atom is 0.332 e. The highest BCUT2D eigenvalue weighted by Crippen LogP contribution is 2.44. The summed E-state index contributed by atoms with van der Waals surface area (Å²) >= 11 is 12.6. The number of carbonyl (C=O) groups is 5. The van der Waals surface area contributed by atoms with Crippen LogP contribution in [0.2, 0.25) is 10.0 Å². The smallest absolute Gasteiger partial charge is 0.332 e. The lowest BCUT2D eigenvalue weighted by Gasteiger charge is -2.38. The van der Waals surface area contributed by atoms with Crippen molar-refractivity contribution < 1.29 is 51.5 Å². The zero-order chi connectivity index (χ0) is 54.8. The molecule has 5 unspecified atom stereocenters. The highest BCUT2D eigenvalue weighted by atomic mass is 35.5. The second-order valence-corrected chi connectivity index (χ2v) is 22.4. The first-order valence-corrected chi connectivity index (χ1v) is 29.9. The molecule has 0 aliphatic rings. The fraction of sp³-hybridized carbons (Fsp3) is 0.617. The number of ketones is 2. The van der Waals surface area contributed by atoms with Crippen LogP contribution < -0.4 is 0 Å². The Kier molecular flexibility index (Phi) is 33.6. The molecule has 0 saturated heterocycles. The predicted octanol–water partition coefficient (Wildman–Crippen LogP) is 16.7. The van der Waals surface area contributed by atoms with Crippen molar-refractivity contribution in [2.75, 3.05) is 6.61 Å². The van der Waals surface area contributed by atoms with Crippen molar-refractivity contribution in [3.05, 3.63) is 106 Å². The molecule has 0 heterocycles. The van der Waals surface area contributed by atoms with Crippen molar-refractivity contribution in [3.63, 3.8) is 0 Å². The third-order valence-electron chi connectivity index (χ3n) is 14.1. The Balaban J connectivity index is 0.000000558. The number of unbranched alkanes of at least 4 members (excludes halogenated alkanes) is 16. The molecule has 0 spiro atoms. The summed E-state index contributed by atoms with van der Waals surface area (Å²) < 4.78 is 46.1. The number of hydrogen-bond donors (Lipinski definition) is 2. The minimum atomic E-state index is -5.43. The maximum atomic E-state index is 14.5. The van der Waals surface area contributed by atoms with Gasteiger partial charge in [-0.1, -0.05) is 266 Å². The molecule has 0 aliphatic carbocycles. The summed E-state index contributed by atoms with van der Waals surface area (Å²) in [5.41, 5.74) is 0.771. The second-order valence-electron chi connectivity index (χ2n) is 19.9. The minimum absolute atomic E-state index is 0.0168. The molecule has 5 atom stereocenters. The number of carbonyl (C=O) groups excluding carboxylic acids is 4. The van der Waals surface area contributed by atoms with E-state index in [1.54, 1.807) is 30.3 Å². The average Bonchev–Trinajstić information content (AvgIpc) is 3.39. The minimum Gasteiger partial charge on any atom is -0.481 e. The highest BCUT2D eigenvalue weighted by molar-refractivity contribution is 7.88. The zero-order valence-electron chi connectivity index (χ0n) is 45.1. The van der Waals surface area contributed by atoms with Crippen LogP contribution in [0.4, 0.5) is 0 Å². The summed E-state index contributed by atoms with van der Waals surface area (Å²) in [5.74, 6) is -6.66. The van der Waals surface area contributed by atoms with E-state index >= 15 is 0 Å². The monoisotopic (exact) mass is 1090 g/mol.